The Hall–Kier alpha value is -3.01. The molecule has 10 heteroatoms. The first-order valence-corrected chi connectivity index (χ1v) is 8.31. The predicted molar refractivity (Wildman–Crippen MR) is 93.1 cm³/mol. The Morgan fingerprint density at radius 1 is 1.24 bits per heavy atom. The molecule has 1 aliphatic rings. The number of rotatable bonds is 4. The Morgan fingerprint density at radius 3 is 2.64 bits per heavy atom. The van der Waals surface area contributed by atoms with Gasteiger partial charge in [-0.05, 0) is 42.1 Å². The molecule has 128 valence electrons. The first-order chi connectivity index (χ1) is 12.0. The Morgan fingerprint density at radius 2 is 2.00 bits per heavy atom. The lowest BCUT2D eigenvalue weighted by molar-refractivity contribution is -0.402. The number of benzene rings is 1. The summed E-state index contributed by atoms with van der Waals surface area (Å²) in [5.74, 6) is 0.868. The third-order valence-corrected chi connectivity index (χ3v) is 4.84. The van der Waals surface area contributed by atoms with Crippen molar-refractivity contribution in [1.82, 2.24) is 14.9 Å². The van der Waals surface area contributed by atoms with Gasteiger partial charge in [0, 0.05) is 25.3 Å². The smallest absolute Gasteiger partial charge is 0.403 e. The third-order valence-electron chi connectivity index (χ3n) is 3.80. The summed E-state index contributed by atoms with van der Waals surface area (Å²) in [6.45, 7) is 0. The van der Waals surface area contributed by atoms with Gasteiger partial charge >= 0.3 is 5.88 Å². The van der Waals surface area contributed by atoms with Crippen LogP contribution in [-0.4, -0.2) is 33.9 Å². The van der Waals surface area contributed by atoms with Crippen molar-refractivity contribution in [2.24, 2.45) is 0 Å². The average molecular weight is 358 g/mol. The lowest BCUT2D eigenvalue weighted by Crippen LogP contribution is -2.13. The van der Waals surface area contributed by atoms with Gasteiger partial charge in [-0.1, -0.05) is 0 Å². The molecular weight excluding hydrogens is 344 g/mol. The third kappa shape index (κ3) is 2.70. The van der Waals surface area contributed by atoms with E-state index in [1.165, 1.54) is 17.8 Å². The van der Waals surface area contributed by atoms with Crippen LogP contribution >= 0.6 is 11.8 Å². The number of hydrogen-bond donors (Lipinski definition) is 1. The lowest BCUT2D eigenvalue weighted by atomic mass is 10.2. The Balaban J connectivity index is 1.59. The van der Waals surface area contributed by atoms with Crippen molar-refractivity contribution in [3.05, 3.63) is 52.3 Å². The maximum atomic E-state index is 10.8. The minimum absolute atomic E-state index is 0.278. The zero-order valence-corrected chi connectivity index (χ0v) is 14.2. The summed E-state index contributed by atoms with van der Waals surface area (Å²) in [5.41, 5.74) is 5.23. The van der Waals surface area contributed by atoms with Gasteiger partial charge in [-0.3, -0.25) is 10.1 Å². The minimum atomic E-state index is -0.555. The van der Waals surface area contributed by atoms with Crippen molar-refractivity contribution in [3.8, 4) is 11.4 Å². The normalized spacial score (nSPS) is 15.7. The fourth-order valence-corrected chi connectivity index (χ4v) is 3.45. The maximum absolute atomic E-state index is 10.8. The molecule has 0 saturated carbocycles. The van der Waals surface area contributed by atoms with Crippen molar-refractivity contribution in [2.45, 2.75) is 10.5 Å². The maximum Gasteiger partial charge on any atom is 0.433 e. The number of furan rings is 1. The minimum Gasteiger partial charge on any atom is -0.403 e. The van der Waals surface area contributed by atoms with E-state index in [2.05, 4.69) is 15.6 Å². The molecule has 3 heterocycles. The predicted octanol–water partition coefficient (Wildman–Crippen LogP) is 2.86. The molecule has 2 aromatic heterocycles. The number of nitrogens with zero attached hydrogens (tertiary/aromatic N) is 5. The molecule has 4 rings (SSSR count). The van der Waals surface area contributed by atoms with Crippen molar-refractivity contribution < 1.29 is 9.34 Å². The van der Waals surface area contributed by atoms with E-state index < -0.39 is 4.92 Å². The standard InChI is InChI=1S/C15H14N6O3S/c1-19(2)10-5-3-9(4-6-10)13-16-17-15-20(13)18-14(25-15)11-7-8-12(24-11)21(22)23/h3-8,14,18H,1-2H3. The summed E-state index contributed by atoms with van der Waals surface area (Å²) in [5, 5.41) is 19.5. The molecule has 0 saturated heterocycles. The lowest BCUT2D eigenvalue weighted by Gasteiger charge is -2.13. The van der Waals surface area contributed by atoms with Gasteiger partial charge in [-0.25, -0.2) is 4.68 Å². The highest BCUT2D eigenvalue weighted by atomic mass is 32.2. The molecule has 1 unspecified atom stereocenters. The number of nitrogens with one attached hydrogen (secondary N) is 1. The quantitative estimate of drug-likeness (QED) is 0.561. The summed E-state index contributed by atoms with van der Waals surface area (Å²) in [4.78, 5) is 12.2. The number of hydrogen-bond acceptors (Lipinski definition) is 8. The van der Waals surface area contributed by atoms with Crippen molar-refractivity contribution >= 4 is 23.3 Å². The second kappa shape index (κ2) is 5.81. The van der Waals surface area contributed by atoms with Gasteiger partial charge in [-0.15, -0.1) is 10.2 Å². The van der Waals surface area contributed by atoms with Crippen LogP contribution in [0.2, 0.25) is 0 Å². The molecule has 0 fully saturated rings. The first-order valence-electron chi connectivity index (χ1n) is 7.43. The molecule has 9 nitrogen and oxygen atoms in total. The molecule has 1 aliphatic heterocycles. The highest BCUT2D eigenvalue weighted by Crippen LogP contribution is 2.41. The summed E-state index contributed by atoms with van der Waals surface area (Å²) < 4.78 is 7.04. The zero-order valence-electron chi connectivity index (χ0n) is 13.4. The van der Waals surface area contributed by atoms with E-state index in [1.54, 1.807) is 10.7 Å². The van der Waals surface area contributed by atoms with Crippen molar-refractivity contribution in [2.75, 3.05) is 24.4 Å². The zero-order chi connectivity index (χ0) is 17.6. The van der Waals surface area contributed by atoms with Crippen LogP contribution < -0.4 is 10.3 Å². The van der Waals surface area contributed by atoms with Crippen LogP contribution in [0.3, 0.4) is 0 Å². The van der Waals surface area contributed by atoms with Crippen molar-refractivity contribution in [3.63, 3.8) is 0 Å². The molecule has 0 aliphatic carbocycles. The van der Waals surface area contributed by atoms with Gasteiger partial charge in [0.1, 0.15) is 10.7 Å². The van der Waals surface area contributed by atoms with E-state index in [4.69, 9.17) is 4.42 Å². The van der Waals surface area contributed by atoms with Gasteiger partial charge in [-0.2, -0.15) is 0 Å². The monoisotopic (exact) mass is 358 g/mol. The van der Waals surface area contributed by atoms with Gasteiger partial charge < -0.3 is 14.7 Å². The van der Waals surface area contributed by atoms with Crippen LogP contribution in [-0.2, 0) is 0 Å². The molecule has 0 bridgehead atoms. The molecule has 1 aromatic carbocycles. The number of anilines is 1. The second-order valence-corrected chi connectivity index (χ2v) is 6.72. The van der Waals surface area contributed by atoms with Crippen molar-refractivity contribution in [1.29, 1.82) is 0 Å². The fourth-order valence-electron chi connectivity index (χ4n) is 2.51. The summed E-state index contributed by atoms with van der Waals surface area (Å²) in [6, 6.07) is 10.9. The molecule has 3 aromatic rings. The number of fused-ring (bicyclic) bond motifs is 1. The first kappa shape index (κ1) is 15.5. The van der Waals surface area contributed by atoms with Gasteiger partial charge in [0.15, 0.2) is 11.2 Å². The van der Waals surface area contributed by atoms with Crippen LogP contribution in [0.25, 0.3) is 11.4 Å². The highest BCUT2D eigenvalue weighted by molar-refractivity contribution is 7.99. The van der Waals surface area contributed by atoms with E-state index in [1.807, 2.05) is 43.3 Å². The van der Waals surface area contributed by atoms with Gasteiger partial charge in [0.2, 0.25) is 5.16 Å². The van der Waals surface area contributed by atoms with E-state index in [-0.39, 0.29) is 11.3 Å². The van der Waals surface area contributed by atoms with Gasteiger partial charge in [0.05, 0.1) is 6.07 Å². The van der Waals surface area contributed by atoms with Gasteiger partial charge in [0.25, 0.3) is 0 Å². The Kier molecular flexibility index (Phi) is 3.61. The molecule has 0 radical (unpaired) electrons. The Labute approximate surface area is 146 Å². The number of thioether (sulfide) groups is 1. The largest absolute Gasteiger partial charge is 0.433 e. The summed E-state index contributed by atoms with van der Waals surface area (Å²) >= 11 is 1.39. The average Bonchev–Trinajstić information content (AvgIpc) is 3.29. The highest BCUT2D eigenvalue weighted by Gasteiger charge is 2.31. The fraction of sp³-hybridized carbons (Fsp3) is 0.200. The topological polar surface area (TPSA) is 102 Å². The molecule has 0 amide bonds. The molecule has 0 spiro atoms. The number of aromatic nitrogens is 3. The molecular formula is C15H14N6O3S. The number of nitro groups is 1. The molecule has 25 heavy (non-hydrogen) atoms. The van der Waals surface area contributed by atoms with Crippen LogP contribution in [0.5, 0.6) is 0 Å². The van der Waals surface area contributed by atoms with E-state index in [9.17, 15) is 10.1 Å². The van der Waals surface area contributed by atoms with Crippen LogP contribution in [0, 0.1) is 10.1 Å². The molecule has 1 N–H and O–H groups in total. The Bertz CT molecular complexity index is 933. The second-order valence-electron chi connectivity index (χ2n) is 5.64. The SMILES string of the molecule is CN(C)c1ccc(-c2nnc3n2NC(c2ccc([N+](=O)[O-])o2)S3)cc1. The van der Waals surface area contributed by atoms with Crippen LogP contribution in [0.1, 0.15) is 11.1 Å². The molecule has 1 atom stereocenters. The van der Waals surface area contributed by atoms with E-state index >= 15 is 0 Å². The van der Waals surface area contributed by atoms with Crippen LogP contribution in [0.15, 0.2) is 46.0 Å². The van der Waals surface area contributed by atoms with E-state index in [0.29, 0.717) is 16.7 Å². The summed E-state index contributed by atoms with van der Waals surface area (Å²) in [7, 11) is 3.96. The summed E-state index contributed by atoms with van der Waals surface area (Å²) in [6.07, 6.45) is 0. The van der Waals surface area contributed by atoms with Crippen LogP contribution in [0.4, 0.5) is 11.6 Å². The van der Waals surface area contributed by atoms with E-state index in [0.717, 1.165) is 11.3 Å².